The Morgan fingerprint density at radius 2 is 2.17 bits per heavy atom. The van der Waals surface area contributed by atoms with Crippen molar-refractivity contribution in [1.29, 1.82) is 0 Å². The lowest BCUT2D eigenvalue weighted by Gasteiger charge is -2.23. The van der Waals surface area contributed by atoms with Crippen molar-refractivity contribution in [3.8, 4) is 0 Å². The van der Waals surface area contributed by atoms with E-state index in [0.29, 0.717) is 29.4 Å². The molecule has 1 fully saturated rings. The van der Waals surface area contributed by atoms with Gasteiger partial charge >= 0.3 is 0 Å². The van der Waals surface area contributed by atoms with Gasteiger partial charge in [0, 0.05) is 11.8 Å². The Bertz CT molecular complexity index is 234. The average Bonchev–Trinajstić information content (AvgIpc) is 2.60. The van der Waals surface area contributed by atoms with Crippen molar-refractivity contribution in [3.05, 3.63) is 12.2 Å². The highest BCUT2D eigenvalue weighted by molar-refractivity contribution is 6.18. The molecule has 0 amide bonds. The Labute approximate surface area is 77.8 Å². The summed E-state index contributed by atoms with van der Waals surface area (Å²) in [6, 6.07) is 0. The summed E-state index contributed by atoms with van der Waals surface area (Å²) >= 11 is 5.85. The molecule has 0 aromatic carbocycles. The second kappa shape index (κ2) is 2.88. The van der Waals surface area contributed by atoms with E-state index in [1.165, 1.54) is 0 Å². The van der Waals surface area contributed by atoms with Gasteiger partial charge < -0.3 is 0 Å². The number of fused-ring (bicyclic) bond motifs is 2. The van der Waals surface area contributed by atoms with Crippen LogP contribution in [-0.4, -0.2) is 11.7 Å². The first kappa shape index (κ1) is 8.31. The van der Waals surface area contributed by atoms with Crippen molar-refractivity contribution in [1.82, 2.24) is 0 Å². The lowest BCUT2D eigenvalue weighted by Crippen LogP contribution is -2.26. The minimum absolute atomic E-state index is 0.220. The highest BCUT2D eigenvalue weighted by Gasteiger charge is 2.45. The largest absolute Gasteiger partial charge is 0.300 e. The summed E-state index contributed by atoms with van der Waals surface area (Å²) in [6.45, 7) is 1.69. The molecule has 0 heterocycles. The first-order valence-electron chi connectivity index (χ1n) is 4.48. The van der Waals surface area contributed by atoms with Crippen LogP contribution in [0.5, 0.6) is 0 Å². The van der Waals surface area contributed by atoms with E-state index < -0.39 is 0 Å². The van der Waals surface area contributed by atoms with Gasteiger partial charge in [-0.15, -0.1) is 11.6 Å². The fourth-order valence-electron chi connectivity index (χ4n) is 2.74. The van der Waals surface area contributed by atoms with Crippen LogP contribution in [0, 0.1) is 23.7 Å². The zero-order valence-corrected chi connectivity index (χ0v) is 7.92. The van der Waals surface area contributed by atoms with Crippen molar-refractivity contribution < 1.29 is 4.79 Å². The van der Waals surface area contributed by atoms with Gasteiger partial charge in [-0.05, 0) is 31.1 Å². The number of hydrogen-bond donors (Lipinski definition) is 0. The summed E-state index contributed by atoms with van der Waals surface area (Å²) in [5.74, 6) is 2.67. The van der Waals surface area contributed by atoms with Gasteiger partial charge in [0.25, 0.3) is 0 Å². The number of alkyl halides is 1. The minimum Gasteiger partial charge on any atom is -0.300 e. The second-order valence-electron chi connectivity index (χ2n) is 3.90. The molecule has 0 unspecified atom stereocenters. The number of carbonyl (C=O) groups excluding carboxylic acids is 1. The summed E-state index contributed by atoms with van der Waals surface area (Å²) in [5, 5.41) is 0. The zero-order valence-electron chi connectivity index (χ0n) is 7.16. The third-order valence-electron chi connectivity index (χ3n) is 3.27. The van der Waals surface area contributed by atoms with Crippen molar-refractivity contribution in [3.63, 3.8) is 0 Å². The first-order chi connectivity index (χ1) is 5.74. The number of rotatable bonds is 2. The van der Waals surface area contributed by atoms with E-state index in [2.05, 4.69) is 12.2 Å². The molecule has 2 aliphatic carbocycles. The highest BCUT2D eigenvalue weighted by atomic mass is 35.5. The van der Waals surface area contributed by atoms with Crippen LogP contribution in [0.25, 0.3) is 0 Å². The normalized spacial score (nSPS) is 43.8. The van der Waals surface area contributed by atoms with Crippen LogP contribution in [-0.2, 0) is 4.79 Å². The van der Waals surface area contributed by atoms with Gasteiger partial charge in [-0.3, -0.25) is 4.79 Å². The summed E-state index contributed by atoms with van der Waals surface area (Å²) in [7, 11) is 0. The summed E-state index contributed by atoms with van der Waals surface area (Å²) in [6.07, 6.45) is 5.58. The lowest BCUT2D eigenvalue weighted by molar-refractivity contribution is -0.122. The molecule has 0 aromatic rings. The predicted octanol–water partition coefficient (Wildman–Crippen LogP) is 2.25. The molecule has 0 spiro atoms. The lowest BCUT2D eigenvalue weighted by atomic mass is 9.82. The molecule has 66 valence electrons. The summed E-state index contributed by atoms with van der Waals surface area (Å²) < 4.78 is 0. The molecule has 0 aliphatic heterocycles. The molecule has 0 N–H and O–H groups in total. The topological polar surface area (TPSA) is 17.1 Å². The molecule has 1 nitrogen and oxygen atoms in total. The molecular formula is C10H13ClO. The maximum Gasteiger partial charge on any atom is 0.133 e. The highest BCUT2D eigenvalue weighted by Crippen LogP contribution is 2.48. The molecule has 2 heteroatoms. The monoisotopic (exact) mass is 184 g/mol. The van der Waals surface area contributed by atoms with E-state index in [1.54, 1.807) is 6.92 Å². The Morgan fingerprint density at radius 3 is 2.67 bits per heavy atom. The van der Waals surface area contributed by atoms with Crippen LogP contribution in [0.4, 0.5) is 0 Å². The Hall–Kier alpha value is -0.300. The first-order valence-corrected chi connectivity index (χ1v) is 5.02. The van der Waals surface area contributed by atoms with Crippen LogP contribution in [0.15, 0.2) is 12.2 Å². The van der Waals surface area contributed by atoms with Crippen LogP contribution >= 0.6 is 11.6 Å². The Balaban J connectivity index is 2.23. The summed E-state index contributed by atoms with van der Waals surface area (Å²) in [5.41, 5.74) is 0. The standard InChI is InChI=1S/C10H13ClO/c1-6(12)10-8-3-2-7(4-8)9(10)5-11/h2-3,7-10H,4-5H2,1H3/t7-,8+,9-,10-/m1/s1. The van der Waals surface area contributed by atoms with E-state index >= 15 is 0 Å². The zero-order chi connectivity index (χ0) is 8.72. The van der Waals surface area contributed by atoms with Crippen LogP contribution in [0.1, 0.15) is 13.3 Å². The smallest absolute Gasteiger partial charge is 0.133 e. The van der Waals surface area contributed by atoms with E-state index in [0.717, 1.165) is 6.42 Å². The Kier molecular flexibility index (Phi) is 1.99. The van der Waals surface area contributed by atoms with Gasteiger partial charge in [-0.1, -0.05) is 12.2 Å². The molecular weight excluding hydrogens is 172 g/mol. The van der Waals surface area contributed by atoms with E-state index in [1.807, 2.05) is 0 Å². The number of ketones is 1. The molecule has 0 aromatic heterocycles. The predicted molar refractivity (Wildman–Crippen MR) is 49.1 cm³/mol. The van der Waals surface area contributed by atoms with Crippen molar-refractivity contribution in [2.24, 2.45) is 23.7 Å². The molecule has 2 rings (SSSR count). The molecule has 2 aliphatic rings. The maximum atomic E-state index is 11.3. The third kappa shape index (κ3) is 1.03. The molecule has 0 radical (unpaired) electrons. The van der Waals surface area contributed by atoms with Crippen LogP contribution < -0.4 is 0 Å². The molecule has 4 atom stereocenters. The van der Waals surface area contributed by atoms with E-state index in [-0.39, 0.29) is 5.92 Å². The number of halogens is 1. The van der Waals surface area contributed by atoms with Crippen LogP contribution in [0.3, 0.4) is 0 Å². The number of allylic oxidation sites excluding steroid dienone is 2. The molecule has 1 saturated carbocycles. The van der Waals surface area contributed by atoms with Crippen LogP contribution in [0.2, 0.25) is 0 Å². The number of carbonyl (C=O) groups is 1. The van der Waals surface area contributed by atoms with Gasteiger partial charge in [-0.25, -0.2) is 0 Å². The minimum atomic E-state index is 0.220. The van der Waals surface area contributed by atoms with E-state index in [4.69, 9.17) is 11.6 Å². The van der Waals surface area contributed by atoms with Crippen molar-refractivity contribution >= 4 is 17.4 Å². The van der Waals surface area contributed by atoms with Gasteiger partial charge in [0.05, 0.1) is 0 Å². The quantitative estimate of drug-likeness (QED) is 0.475. The number of hydrogen-bond acceptors (Lipinski definition) is 1. The molecule has 2 bridgehead atoms. The van der Waals surface area contributed by atoms with Gasteiger partial charge in [0.1, 0.15) is 5.78 Å². The third-order valence-corrected chi connectivity index (χ3v) is 3.63. The Morgan fingerprint density at radius 1 is 1.50 bits per heavy atom. The number of Topliss-reactive ketones (excluding diaryl/α,β-unsaturated/α-hetero) is 1. The van der Waals surface area contributed by atoms with Crippen molar-refractivity contribution in [2.45, 2.75) is 13.3 Å². The second-order valence-corrected chi connectivity index (χ2v) is 4.21. The SMILES string of the molecule is CC(=O)[C@H]1[C@H](CCl)[C@@H]2C=C[C@H]1C2. The van der Waals surface area contributed by atoms with Gasteiger partial charge in [0.2, 0.25) is 0 Å². The summed E-state index contributed by atoms with van der Waals surface area (Å²) in [4.78, 5) is 11.3. The van der Waals surface area contributed by atoms with Gasteiger partial charge in [0.15, 0.2) is 0 Å². The average molecular weight is 185 g/mol. The fraction of sp³-hybridized carbons (Fsp3) is 0.700. The fourth-order valence-corrected chi connectivity index (χ4v) is 3.16. The molecule has 12 heavy (non-hydrogen) atoms. The molecule has 0 saturated heterocycles. The van der Waals surface area contributed by atoms with Crippen molar-refractivity contribution in [2.75, 3.05) is 5.88 Å². The van der Waals surface area contributed by atoms with Gasteiger partial charge in [-0.2, -0.15) is 0 Å². The maximum absolute atomic E-state index is 11.3. The van der Waals surface area contributed by atoms with E-state index in [9.17, 15) is 4.79 Å².